The summed E-state index contributed by atoms with van der Waals surface area (Å²) in [4.78, 5) is 41.7. The Morgan fingerprint density at radius 3 is 2.67 bits per heavy atom. The summed E-state index contributed by atoms with van der Waals surface area (Å²) in [6, 6.07) is 10.6. The van der Waals surface area contributed by atoms with Crippen LogP contribution in [0.3, 0.4) is 0 Å². The fourth-order valence-corrected chi connectivity index (χ4v) is 2.36. The molecule has 0 radical (unpaired) electrons. The van der Waals surface area contributed by atoms with Crippen LogP contribution in [0.4, 0.5) is 5.95 Å². The van der Waals surface area contributed by atoms with Gasteiger partial charge in [-0.25, -0.2) is 4.98 Å². The Kier molecular flexibility index (Phi) is 4.89. The standard InChI is InChI=1S/C14H13N3O3S/c1-9(18)15-14-16-11(7-13(20)17-14)12(19)8-21-10-5-3-2-4-6-10/h2-7H,8H2,1H3,(H2,15,16,17,18,20). The molecule has 2 rings (SSSR count). The Hall–Kier alpha value is -2.41. The molecule has 1 aromatic heterocycles. The van der Waals surface area contributed by atoms with Crippen molar-refractivity contribution in [3.8, 4) is 0 Å². The number of hydrogen-bond acceptors (Lipinski definition) is 5. The van der Waals surface area contributed by atoms with E-state index in [2.05, 4.69) is 15.3 Å². The normalized spacial score (nSPS) is 10.1. The predicted octanol–water partition coefficient (Wildman–Crippen LogP) is 1.70. The first kappa shape index (κ1) is 15.0. The zero-order chi connectivity index (χ0) is 15.2. The minimum Gasteiger partial charge on any atom is -0.296 e. The quantitative estimate of drug-likeness (QED) is 0.648. The summed E-state index contributed by atoms with van der Waals surface area (Å²) in [5.74, 6) is -0.508. The van der Waals surface area contributed by atoms with E-state index >= 15 is 0 Å². The van der Waals surface area contributed by atoms with Crippen LogP contribution in [0.1, 0.15) is 17.4 Å². The number of nitrogens with zero attached hydrogens (tertiary/aromatic N) is 1. The molecule has 108 valence electrons. The molecule has 0 unspecified atom stereocenters. The van der Waals surface area contributed by atoms with Crippen LogP contribution in [0, 0.1) is 0 Å². The van der Waals surface area contributed by atoms with Crippen molar-refractivity contribution < 1.29 is 9.59 Å². The topological polar surface area (TPSA) is 91.9 Å². The lowest BCUT2D eigenvalue weighted by Crippen LogP contribution is -2.19. The summed E-state index contributed by atoms with van der Waals surface area (Å²) >= 11 is 1.36. The molecule has 0 fully saturated rings. The summed E-state index contributed by atoms with van der Waals surface area (Å²) in [7, 11) is 0. The fourth-order valence-electron chi connectivity index (χ4n) is 1.57. The van der Waals surface area contributed by atoms with Crippen molar-refractivity contribution in [3.63, 3.8) is 0 Å². The van der Waals surface area contributed by atoms with Gasteiger partial charge >= 0.3 is 0 Å². The number of rotatable bonds is 5. The summed E-state index contributed by atoms with van der Waals surface area (Å²) in [5.41, 5.74) is -0.451. The third-order valence-electron chi connectivity index (χ3n) is 2.43. The molecular weight excluding hydrogens is 290 g/mol. The zero-order valence-corrected chi connectivity index (χ0v) is 12.1. The van der Waals surface area contributed by atoms with Crippen molar-refractivity contribution in [3.05, 3.63) is 52.4 Å². The number of amides is 1. The van der Waals surface area contributed by atoms with Crippen LogP contribution in [0.25, 0.3) is 0 Å². The molecule has 21 heavy (non-hydrogen) atoms. The predicted molar refractivity (Wildman–Crippen MR) is 80.7 cm³/mol. The van der Waals surface area contributed by atoms with Gasteiger partial charge in [-0.3, -0.25) is 24.7 Å². The summed E-state index contributed by atoms with van der Waals surface area (Å²) < 4.78 is 0. The largest absolute Gasteiger partial charge is 0.296 e. The molecule has 6 nitrogen and oxygen atoms in total. The number of aromatic amines is 1. The van der Waals surface area contributed by atoms with E-state index in [1.807, 2.05) is 30.3 Å². The van der Waals surface area contributed by atoms with Gasteiger partial charge in [-0.1, -0.05) is 18.2 Å². The number of benzene rings is 1. The van der Waals surface area contributed by atoms with Gasteiger partial charge in [-0.15, -0.1) is 11.8 Å². The van der Waals surface area contributed by atoms with E-state index in [0.29, 0.717) is 0 Å². The number of nitrogens with one attached hydrogen (secondary N) is 2. The van der Waals surface area contributed by atoms with Crippen LogP contribution in [0.15, 0.2) is 46.1 Å². The highest BCUT2D eigenvalue weighted by Crippen LogP contribution is 2.17. The number of carbonyl (C=O) groups excluding carboxylic acids is 2. The van der Waals surface area contributed by atoms with Crippen LogP contribution in [0.2, 0.25) is 0 Å². The molecule has 0 saturated carbocycles. The average molecular weight is 303 g/mol. The van der Waals surface area contributed by atoms with Gasteiger partial charge in [0.25, 0.3) is 5.56 Å². The van der Waals surface area contributed by atoms with Gasteiger partial charge in [0.05, 0.1) is 5.75 Å². The van der Waals surface area contributed by atoms with E-state index in [1.54, 1.807) is 0 Å². The van der Waals surface area contributed by atoms with Crippen LogP contribution in [0.5, 0.6) is 0 Å². The average Bonchev–Trinajstić information content (AvgIpc) is 2.44. The summed E-state index contributed by atoms with van der Waals surface area (Å²) in [5, 5.41) is 2.35. The maximum absolute atomic E-state index is 12.1. The number of thioether (sulfide) groups is 1. The lowest BCUT2D eigenvalue weighted by Gasteiger charge is -2.04. The van der Waals surface area contributed by atoms with E-state index in [-0.39, 0.29) is 29.1 Å². The van der Waals surface area contributed by atoms with E-state index in [1.165, 1.54) is 18.7 Å². The third kappa shape index (κ3) is 4.57. The minimum absolute atomic E-state index is 0.0249. The van der Waals surface area contributed by atoms with Crippen molar-refractivity contribution in [2.75, 3.05) is 11.1 Å². The van der Waals surface area contributed by atoms with Crippen LogP contribution in [-0.4, -0.2) is 27.4 Å². The van der Waals surface area contributed by atoms with Gasteiger partial charge in [0, 0.05) is 17.9 Å². The molecule has 0 bridgehead atoms. The highest BCUT2D eigenvalue weighted by molar-refractivity contribution is 8.00. The third-order valence-corrected chi connectivity index (χ3v) is 3.45. The minimum atomic E-state index is -0.484. The van der Waals surface area contributed by atoms with Gasteiger partial charge in [-0.05, 0) is 12.1 Å². The Labute approximate surface area is 125 Å². The molecule has 0 aliphatic carbocycles. The van der Waals surface area contributed by atoms with Crippen LogP contribution in [-0.2, 0) is 4.79 Å². The first-order valence-electron chi connectivity index (χ1n) is 6.14. The van der Waals surface area contributed by atoms with Gasteiger partial charge in [0.1, 0.15) is 5.69 Å². The summed E-state index contributed by atoms with van der Waals surface area (Å²) in [6.45, 7) is 1.29. The molecule has 7 heteroatoms. The second-order valence-electron chi connectivity index (χ2n) is 4.19. The Morgan fingerprint density at radius 2 is 2.00 bits per heavy atom. The number of ketones is 1. The molecule has 0 spiro atoms. The highest BCUT2D eigenvalue weighted by Gasteiger charge is 2.11. The first-order chi connectivity index (χ1) is 10.0. The highest BCUT2D eigenvalue weighted by atomic mass is 32.2. The van der Waals surface area contributed by atoms with E-state index in [9.17, 15) is 14.4 Å². The van der Waals surface area contributed by atoms with E-state index in [4.69, 9.17) is 0 Å². The Bertz CT molecular complexity index is 713. The second-order valence-corrected chi connectivity index (χ2v) is 5.23. The van der Waals surface area contributed by atoms with Crippen molar-refractivity contribution >= 4 is 29.4 Å². The number of H-pyrrole nitrogens is 1. The molecule has 2 N–H and O–H groups in total. The zero-order valence-electron chi connectivity index (χ0n) is 11.3. The number of anilines is 1. The summed E-state index contributed by atoms with van der Waals surface area (Å²) in [6.07, 6.45) is 0. The van der Waals surface area contributed by atoms with E-state index in [0.717, 1.165) is 11.0 Å². The lowest BCUT2D eigenvalue weighted by molar-refractivity contribution is -0.114. The number of hydrogen-bond donors (Lipinski definition) is 2. The number of aromatic nitrogens is 2. The van der Waals surface area contributed by atoms with Crippen LogP contribution >= 0.6 is 11.8 Å². The molecule has 1 heterocycles. The smallest absolute Gasteiger partial charge is 0.252 e. The van der Waals surface area contributed by atoms with E-state index < -0.39 is 5.56 Å². The fraction of sp³-hybridized carbons (Fsp3) is 0.143. The lowest BCUT2D eigenvalue weighted by atomic mass is 10.3. The Morgan fingerprint density at radius 1 is 1.29 bits per heavy atom. The molecule has 0 saturated heterocycles. The van der Waals surface area contributed by atoms with Crippen molar-refractivity contribution in [1.29, 1.82) is 0 Å². The molecule has 1 amide bonds. The maximum atomic E-state index is 12.1. The maximum Gasteiger partial charge on any atom is 0.252 e. The van der Waals surface area contributed by atoms with Crippen molar-refractivity contribution in [1.82, 2.24) is 9.97 Å². The molecule has 0 atom stereocenters. The molecule has 0 aliphatic heterocycles. The number of carbonyl (C=O) groups is 2. The monoisotopic (exact) mass is 303 g/mol. The molecule has 1 aromatic carbocycles. The number of Topliss-reactive ketones (excluding diaryl/α,β-unsaturated/α-hetero) is 1. The van der Waals surface area contributed by atoms with Gasteiger partial charge < -0.3 is 0 Å². The van der Waals surface area contributed by atoms with Gasteiger partial charge in [0.2, 0.25) is 11.9 Å². The van der Waals surface area contributed by atoms with Gasteiger partial charge in [0.15, 0.2) is 5.78 Å². The molecule has 0 aliphatic rings. The van der Waals surface area contributed by atoms with Gasteiger partial charge in [-0.2, -0.15) is 0 Å². The SMILES string of the molecule is CC(=O)Nc1nc(C(=O)CSc2ccccc2)cc(=O)[nH]1. The van der Waals surface area contributed by atoms with Crippen molar-refractivity contribution in [2.24, 2.45) is 0 Å². The van der Waals surface area contributed by atoms with Crippen molar-refractivity contribution in [2.45, 2.75) is 11.8 Å². The molecule has 2 aromatic rings. The first-order valence-corrected chi connectivity index (χ1v) is 7.13. The Balaban J connectivity index is 2.10. The second kappa shape index (κ2) is 6.85. The van der Waals surface area contributed by atoms with Crippen LogP contribution < -0.4 is 10.9 Å². The molecular formula is C14H13N3O3S.